The number of rotatable bonds is 2. The second kappa shape index (κ2) is 6.02. The van der Waals surface area contributed by atoms with Crippen molar-refractivity contribution >= 4 is 11.4 Å². The molecule has 1 saturated heterocycles. The van der Waals surface area contributed by atoms with E-state index in [1.54, 1.807) is 0 Å². The molecule has 0 bridgehead atoms. The standard InChI is InChI=1S/C16H21F3N2O2/c1-11-6-7-15(2,3)10-20(9-11)13-5-4-12(16(17,18)19)8-14(13)21(22)23/h4-5,8,11H,6-7,9-10H2,1-3H3/t11-/m0/s1. The Bertz CT molecular complexity index is 599. The van der Waals surface area contributed by atoms with Crippen LogP contribution in [0.15, 0.2) is 18.2 Å². The van der Waals surface area contributed by atoms with Crippen molar-refractivity contribution < 1.29 is 18.1 Å². The number of nitro groups is 1. The Balaban J connectivity index is 2.46. The van der Waals surface area contributed by atoms with Crippen molar-refractivity contribution in [1.29, 1.82) is 0 Å². The number of halogens is 3. The first-order chi connectivity index (χ1) is 10.5. The van der Waals surface area contributed by atoms with Crippen molar-refractivity contribution in [2.24, 2.45) is 11.3 Å². The van der Waals surface area contributed by atoms with Crippen molar-refractivity contribution in [3.05, 3.63) is 33.9 Å². The summed E-state index contributed by atoms with van der Waals surface area (Å²) in [6, 6.07) is 2.79. The fourth-order valence-corrected chi connectivity index (χ4v) is 3.06. The van der Waals surface area contributed by atoms with Crippen LogP contribution in [0.5, 0.6) is 0 Å². The van der Waals surface area contributed by atoms with E-state index in [0.29, 0.717) is 25.1 Å². The molecule has 1 fully saturated rings. The van der Waals surface area contributed by atoms with E-state index in [9.17, 15) is 23.3 Å². The molecule has 23 heavy (non-hydrogen) atoms. The Labute approximate surface area is 133 Å². The molecular formula is C16H21F3N2O2. The first kappa shape index (κ1) is 17.6. The third-order valence-corrected chi connectivity index (χ3v) is 4.30. The summed E-state index contributed by atoms with van der Waals surface area (Å²) in [6.45, 7) is 7.41. The monoisotopic (exact) mass is 330 g/mol. The minimum atomic E-state index is -4.59. The SMILES string of the molecule is C[C@H]1CCC(C)(C)CN(c2ccc(C(F)(F)F)cc2[N+](=O)[O-])C1. The van der Waals surface area contributed by atoms with Gasteiger partial charge in [-0.3, -0.25) is 10.1 Å². The normalized spacial score (nSPS) is 21.8. The van der Waals surface area contributed by atoms with Crippen molar-refractivity contribution in [1.82, 2.24) is 0 Å². The van der Waals surface area contributed by atoms with E-state index < -0.39 is 22.4 Å². The molecule has 1 aliphatic heterocycles. The molecule has 0 radical (unpaired) electrons. The van der Waals surface area contributed by atoms with Gasteiger partial charge in [-0.2, -0.15) is 13.2 Å². The average molecular weight is 330 g/mol. The Kier molecular flexibility index (Phi) is 4.59. The highest BCUT2D eigenvalue weighted by molar-refractivity contribution is 5.65. The lowest BCUT2D eigenvalue weighted by Crippen LogP contribution is -2.34. The Morgan fingerprint density at radius 3 is 2.57 bits per heavy atom. The predicted molar refractivity (Wildman–Crippen MR) is 82.5 cm³/mol. The van der Waals surface area contributed by atoms with Crippen LogP contribution in [0.3, 0.4) is 0 Å². The number of nitrogens with zero attached hydrogens (tertiary/aromatic N) is 2. The number of benzene rings is 1. The Morgan fingerprint density at radius 2 is 2.00 bits per heavy atom. The van der Waals surface area contributed by atoms with Crippen LogP contribution in [-0.2, 0) is 6.18 Å². The molecule has 1 aromatic rings. The van der Waals surface area contributed by atoms with E-state index in [1.165, 1.54) is 6.07 Å². The summed E-state index contributed by atoms with van der Waals surface area (Å²) in [6.07, 6.45) is -2.61. The topological polar surface area (TPSA) is 46.4 Å². The maximum Gasteiger partial charge on any atom is 0.416 e. The van der Waals surface area contributed by atoms with Gasteiger partial charge in [-0.05, 0) is 36.3 Å². The molecule has 1 aromatic carbocycles. The minimum absolute atomic E-state index is 0.0404. The number of anilines is 1. The zero-order valence-electron chi connectivity index (χ0n) is 13.5. The summed E-state index contributed by atoms with van der Waals surface area (Å²) < 4.78 is 38.5. The van der Waals surface area contributed by atoms with Gasteiger partial charge >= 0.3 is 6.18 Å². The summed E-state index contributed by atoms with van der Waals surface area (Å²) in [5.41, 5.74) is -1.24. The van der Waals surface area contributed by atoms with Crippen LogP contribution < -0.4 is 4.90 Å². The molecule has 0 aromatic heterocycles. The Morgan fingerprint density at radius 1 is 1.35 bits per heavy atom. The molecule has 128 valence electrons. The molecule has 7 heteroatoms. The van der Waals surface area contributed by atoms with Gasteiger partial charge in [0.05, 0.1) is 10.5 Å². The summed E-state index contributed by atoms with van der Waals surface area (Å²) in [5.74, 6) is 0.332. The Hall–Kier alpha value is -1.79. The minimum Gasteiger partial charge on any atom is -0.365 e. The first-order valence-electron chi connectivity index (χ1n) is 7.60. The summed E-state index contributed by atoms with van der Waals surface area (Å²) in [5, 5.41) is 11.3. The molecule has 1 atom stereocenters. The molecule has 0 spiro atoms. The lowest BCUT2D eigenvalue weighted by molar-refractivity contribution is -0.384. The van der Waals surface area contributed by atoms with Gasteiger partial charge in [-0.15, -0.1) is 0 Å². The summed E-state index contributed by atoms with van der Waals surface area (Å²) in [4.78, 5) is 12.4. The third kappa shape index (κ3) is 4.14. The van der Waals surface area contributed by atoms with Gasteiger partial charge in [0.15, 0.2) is 0 Å². The highest BCUT2D eigenvalue weighted by atomic mass is 19.4. The lowest BCUT2D eigenvalue weighted by Gasteiger charge is -2.31. The molecule has 0 aliphatic carbocycles. The molecule has 1 heterocycles. The largest absolute Gasteiger partial charge is 0.416 e. The van der Waals surface area contributed by atoms with Gasteiger partial charge < -0.3 is 4.90 Å². The second-order valence-electron chi connectivity index (χ2n) is 7.15. The van der Waals surface area contributed by atoms with Gasteiger partial charge in [0.1, 0.15) is 5.69 Å². The molecule has 0 saturated carbocycles. The van der Waals surface area contributed by atoms with Gasteiger partial charge in [0, 0.05) is 19.2 Å². The molecule has 4 nitrogen and oxygen atoms in total. The maximum atomic E-state index is 12.8. The molecular weight excluding hydrogens is 309 g/mol. The van der Waals surface area contributed by atoms with Crippen molar-refractivity contribution in [3.63, 3.8) is 0 Å². The van der Waals surface area contributed by atoms with Gasteiger partial charge in [-0.1, -0.05) is 20.8 Å². The van der Waals surface area contributed by atoms with E-state index in [-0.39, 0.29) is 11.1 Å². The van der Waals surface area contributed by atoms with Crippen LogP contribution >= 0.6 is 0 Å². The predicted octanol–water partition coefficient (Wildman–Crippen LogP) is 4.88. The van der Waals surface area contributed by atoms with Gasteiger partial charge in [-0.25, -0.2) is 0 Å². The highest BCUT2D eigenvalue weighted by Crippen LogP contribution is 2.39. The summed E-state index contributed by atoms with van der Waals surface area (Å²) in [7, 11) is 0. The van der Waals surface area contributed by atoms with E-state index >= 15 is 0 Å². The quantitative estimate of drug-likeness (QED) is 0.574. The van der Waals surface area contributed by atoms with Crippen molar-refractivity contribution in [3.8, 4) is 0 Å². The van der Waals surface area contributed by atoms with Crippen LogP contribution in [0.1, 0.15) is 39.2 Å². The zero-order chi connectivity index (χ0) is 17.4. The lowest BCUT2D eigenvalue weighted by atomic mass is 9.86. The molecule has 0 unspecified atom stereocenters. The van der Waals surface area contributed by atoms with E-state index in [2.05, 4.69) is 20.8 Å². The van der Waals surface area contributed by atoms with Crippen molar-refractivity contribution in [2.45, 2.75) is 39.8 Å². The average Bonchev–Trinajstić information content (AvgIpc) is 2.55. The van der Waals surface area contributed by atoms with Gasteiger partial charge in [0.25, 0.3) is 5.69 Å². The van der Waals surface area contributed by atoms with E-state index in [4.69, 9.17) is 0 Å². The van der Waals surface area contributed by atoms with Crippen LogP contribution in [0.4, 0.5) is 24.5 Å². The number of hydrogen-bond acceptors (Lipinski definition) is 3. The maximum absolute atomic E-state index is 12.8. The number of hydrogen-bond donors (Lipinski definition) is 0. The van der Waals surface area contributed by atoms with Crippen LogP contribution in [-0.4, -0.2) is 18.0 Å². The number of alkyl halides is 3. The summed E-state index contributed by atoms with van der Waals surface area (Å²) >= 11 is 0. The molecule has 1 aliphatic rings. The fourth-order valence-electron chi connectivity index (χ4n) is 3.06. The van der Waals surface area contributed by atoms with Crippen LogP contribution in [0.2, 0.25) is 0 Å². The fraction of sp³-hybridized carbons (Fsp3) is 0.625. The third-order valence-electron chi connectivity index (χ3n) is 4.30. The van der Waals surface area contributed by atoms with Crippen molar-refractivity contribution in [2.75, 3.05) is 18.0 Å². The molecule has 2 rings (SSSR count). The second-order valence-corrected chi connectivity index (χ2v) is 7.15. The first-order valence-corrected chi connectivity index (χ1v) is 7.60. The van der Waals surface area contributed by atoms with E-state index in [0.717, 1.165) is 18.9 Å². The molecule has 0 N–H and O–H groups in total. The van der Waals surface area contributed by atoms with Crippen LogP contribution in [0, 0.1) is 21.4 Å². The van der Waals surface area contributed by atoms with Gasteiger partial charge in [0.2, 0.25) is 0 Å². The zero-order valence-corrected chi connectivity index (χ0v) is 13.5. The smallest absolute Gasteiger partial charge is 0.365 e. The molecule has 0 amide bonds. The van der Waals surface area contributed by atoms with E-state index in [1.807, 2.05) is 4.90 Å². The highest BCUT2D eigenvalue weighted by Gasteiger charge is 2.35. The van der Waals surface area contributed by atoms with Crippen LogP contribution in [0.25, 0.3) is 0 Å². The number of nitro benzene ring substituents is 1.